The molecule has 27 heavy (non-hydrogen) atoms. The van der Waals surface area contributed by atoms with Crippen LogP contribution in [0.25, 0.3) is 33.7 Å². The highest BCUT2D eigenvalue weighted by Gasteiger charge is 2.14. The lowest BCUT2D eigenvalue weighted by Gasteiger charge is -2.05. The van der Waals surface area contributed by atoms with E-state index in [1.807, 2.05) is 54.6 Å². The van der Waals surface area contributed by atoms with Crippen LogP contribution in [0.1, 0.15) is 11.1 Å². The highest BCUT2D eigenvalue weighted by Crippen LogP contribution is 2.25. The first-order valence-electron chi connectivity index (χ1n) is 7.97. The molecular formula is C20H15N3O3S. The molecule has 3 rings (SSSR count). The van der Waals surface area contributed by atoms with E-state index in [-0.39, 0.29) is 10.6 Å². The molecule has 0 radical (unpaired) electrons. The predicted molar refractivity (Wildman–Crippen MR) is 106 cm³/mol. The Hall–Kier alpha value is -3.38. The quantitative estimate of drug-likeness (QED) is 0.202. The van der Waals surface area contributed by atoms with Gasteiger partial charge in [-0.1, -0.05) is 84.0 Å². The number of hydrogen-bond donors (Lipinski definition) is 1. The summed E-state index contributed by atoms with van der Waals surface area (Å²) in [5.41, 5.74) is 11.9. The highest BCUT2D eigenvalue weighted by atomic mass is 32.2. The van der Waals surface area contributed by atoms with Gasteiger partial charge >= 0.3 is 0 Å². The molecule has 0 bridgehead atoms. The van der Waals surface area contributed by atoms with E-state index in [1.165, 1.54) is 12.1 Å². The molecule has 0 aromatic heterocycles. The molecule has 6 nitrogen and oxygen atoms in total. The largest absolute Gasteiger partial charge is 0.295 e. The first-order chi connectivity index (χ1) is 13.0. The summed E-state index contributed by atoms with van der Waals surface area (Å²) in [7, 11) is -4.46. The molecule has 0 heterocycles. The lowest BCUT2D eigenvalue weighted by Crippen LogP contribution is -2.00. The average Bonchev–Trinajstić information content (AvgIpc) is 2.67. The van der Waals surface area contributed by atoms with Crippen molar-refractivity contribution in [2.24, 2.45) is 5.11 Å². The van der Waals surface area contributed by atoms with Crippen LogP contribution < -0.4 is 0 Å². The van der Waals surface area contributed by atoms with Crippen LogP contribution in [0.15, 0.2) is 82.8 Å². The van der Waals surface area contributed by atoms with E-state index in [1.54, 1.807) is 12.2 Å². The summed E-state index contributed by atoms with van der Waals surface area (Å²) in [6.07, 6.45) is 3.33. The summed E-state index contributed by atoms with van der Waals surface area (Å²) in [6.45, 7) is 0. The summed E-state index contributed by atoms with van der Waals surface area (Å²) in [4.78, 5) is 2.30. The van der Waals surface area contributed by atoms with Gasteiger partial charge < -0.3 is 0 Å². The van der Waals surface area contributed by atoms with Crippen LogP contribution in [-0.4, -0.2) is 13.0 Å². The summed E-state index contributed by atoms with van der Waals surface area (Å²) < 4.78 is 32.6. The summed E-state index contributed by atoms with van der Waals surface area (Å²) in [6, 6.07) is 21.8. The average molecular weight is 377 g/mol. The number of hydrogen-bond acceptors (Lipinski definition) is 3. The molecule has 0 atom stereocenters. The van der Waals surface area contributed by atoms with Gasteiger partial charge in [0, 0.05) is 10.6 Å². The van der Waals surface area contributed by atoms with E-state index in [9.17, 15) is 13.0 Å². The molecule has 3 aromatic carbocycles. The van der Waals surface area contributed by atoms with Gasteiger partial charge in [0.25, 0.3) is 10.1 Å². The van der Waals surface area contributed by atoms with Gasteiger partial charge in [-0.15, -0.1) is 0 Å². The maximum atomic E-state index is 11.6. The van der Waals surface area contributed by atoms with E-state index in [0.29, 0.717) is 5.56 Å². The van der Waals surface area contributed by atoms with Crippen LogP contribution in [0, 0.1) is 0 Å². The van der Waals surface area contributed by atoms with Gasteiger partial charge in [-0.05, 0) is 33.9 Å². The van der Waals surface area contributed by atoms with Crippen molar-refractivity contribution in [3.8, 4) is 11.1 Å². The van der Waals surface area contributed by atoms with Crippen molar-refractivity contribution in [2.75, 3.05) is 0 Å². The molecule has 0 spiro atoms. The molecule has 134 valence electrons. The second-order valence-electron chi connectivity index (χ2n) is 5.71. The number of benzene rings is 3. The molecule has 0 aliphatic rings. The van der Waals surface area contributed by atoms with Crippen LogP contribution in [0.4, 0.5) is 5.69 Å². The Balaban J connectivity index is 1.91. The third-order valence-corrected chi connectivity index (χ3v) is 4.82. The topological polar surface area (TPSA) is 103 Å². The van der Waals surface area contributed by atoms with Crippen molar-refractivity contribution >= 4 is 28.0 Å². The molecule has 0 saturated carbocycles. The minimum atomic E-state index is -4.46. The van der Waals surface area contributed by atoms with Gasteiger partial charge in [0.2, 0.25) is 0 Å². The highest BCUT2D eigenvalue weighted by molar-refractivity contribution is 7.86. The van der Waals surface area contributed by atoms with Crippen LogP contribution in [0.3, 0.4) is 0 Å². The van der Waals surface area contributed by atoms with Gasteiger partial charge in [0.1, 0.15) is 4.90 Å². The first-order valence-corrected chi connectivity index (χ1v) is 9.41. The van der Waals surface area contributed by atoms with Gasteiger partial charge in [-0.3, -0.25) is 4.55 Å². The summed E-state index contributed by atoms with van der Waals surface area (Å²) >= 11 is 0. The normalized spacial score (nSPS) is 11.3. The zero-order chi connectivity index (χ0) is 19.3. The van der Waals surface area contributed by atoms with Crippen LogP contribution in [0.2, 0.25) is 0 Å². The predicted octanol–water partition coefficient (Wildman–Crippen LogP) is 5.71. The van der Waals surface area contributed by atoms with E-state index in [4.69, 9.17) is 5.53 Å². The molecule has 3 aromatic rings. The summed E-state index contributed by atoms with van der Waals surface area (Å²) in [5.74, 6) is 0. The Kier molecular flexibility index (Phi) is 5.38. The zero-order valence-corrected chi connectivity index (χ0v) is 14.9. The fraction of sp³-hybridized carbons (Fsp3) is 0. The Labute approximate surface area is 156 Å². The molecule has 0 aliphatic heterocycles. The fourth-order valence-corrected chi connectivity index (χ4v) is 3.30. The molecule has 1 N–H and O–H groups in total. The van der Waals surface area contributed by atoms with E-state index in [0.717, 1.165) is 22.8 Å². The Bertz CT molecular complexity index is 1130. The van der Waals surface area contributed by atoms with Crippen molar-refractivity contribution in [1.29, 1.82) is 0 Å². The molecule has 0 amide bonds. The lowest BCUT2D eigenvalue weighted by molar-refractivity contribution is 0.483. The van der Waals surface area contributed by atoms with Gasteiger partial charge in [0.05, 0.1) is 0 Å². The third kappa shape index (κ3) is 4.62. The number of azide groups is 1. The second kappa shape index (κ2) is 7.88. The fourth-order valence-electron chi connectivity index (χ4n) is 2.60. The lowest BCUT2D eigenvalue weighted by atomic mass is 10.0. The van der Waals surface area contributed by atoms with Crippen molar-refractivity contribution in [3.63, 3.8) is 0 Å². The Morgan fingerprint density at radius 2 is 1.56 bits per heavy atom. The first kappa shape index (κ1) is 18.4. The van der Waals surface area contributed by atoms with Gasteiger partial charge in [-0.25, -0.2) is 0 Å². The molecule has 0 aliphatic carbocycles. The number of rotatable bonds is 5. The minimum Gasteiger partial charge on any atom is -0.282 e. The molecule has 7 heteroatoms. The van der Waals surface area contributed by atoms with Crippen molar-refractivity contribution in [3.05, 3.63) is 94.4 Å². The maximum absolute atomic E-state index is 11.6. The molecule has 0 unspecified atom stereocenters. The van der Waals surface area contributed by atoms with Crippen molar-refractivity contribution in [1.82, 2.24) is 0 Å². The monoisotopic (exact) mass is 377 g/mol. The molecular weight excluding hydrogens is 362 g/mol. The molecule has 0 fully saturated rings. The van der Waals surface area contributed by atoms with Crippen molar-refractivity contribution in [2.45, 2.75) is 4.90 Å². The Morgan fingerprint density at radius 1 is 0.889 bits per heavy atom. The second-order valence-corrected chi connectivity index (χ2v) is 7.10. The molecule has 0 saturated heterocycles. The van der Waals surface area contributed by atoms with Gasteiger partial charge in [0.15, 0.2) is 0 Å². The van der Waals surface area contributed by atoms with Crippen LogP contribution >= 0.6 is 0 Å². The third-order valence-electron chi connectivity index (χ3n) is 3.91. The standard InChI is InChI=1S/C20H15N3O3S/c21-23-22-19-13-12-18(20(14-19)27(24,25)26)11-8-15-6-9-17(10-7-15)16-4-2-1-3-5-16/h1-14H,(H,24,25,26). The Morgan fingerprint density at radius 3 is 2.19 bits per heavy atom. The summed E-state index contributed by atoms with van der Waals surface area (Å²) in [5, 5.41) is 3.36. The SMILES string of the molecule is [N-]=[N+]=Nc1ccc(C=Cc2ccc(-c3ccccc3)cc2)c(S(=O)(=O)O)c1. The van der Waals surface area contributed by atoms with Crippen LogP contribution in [-0.2, 0) is 10.1 Å². The van der Waals surface area contributed by atoms with E-state index >= 15 is 0 Å². The maximum Gasteiger partial charge on any atom is 0.295 e. The smallest absolute Gasteiger partial charge is 0.282 e. The zero-order valence-electron chi connectivity index (χ0n) is 14.1. The number of nitrogens with zero attached hydrogens (tertiary/aromatic N) is 3. The van der Waals surface area contributed by atoms with Gasteiger partial charge in [-0.2, -0.15) is 8.42 Å². The van der Waals surface area contributed by atoms with E-state index < -0.39 is 10.1 Å². The van der Waals surface area contributed by atoms with E-state index in [2.05, 4.69) is 10.0 Å². The van der Waals surface area contributed by atoms with Crippen LogP contribution in [0.5, 0.6) is 0 Å². The minimum absolute atomic E-state index is 0.106. The van der Waals surface area contributed by atoms with Crippen molar-refractivity contribution < 1.29 is 13.0 Å².